The van der Waals surface area contributed by atoms with Gasteiger partial charge >= 0.3 is 34.1 Å². The molecular weight excluding hydrogens is 388 g/mol. The maximum atomic E-state index is 8.89. The molecule has 0 unspecified atom stereocenters. The summed E-state index contributed by atoms with van der Waals surface area (Å²) in [4.78, 5) is 35.6. The van der Waals surface area contributed by atoms with Gasteiger partial charge in [0.2, 0.25) is 0 Å². The standard InChI is InChI=1S/C2H7N2.4C2H4O2.2Fe/c3-1-2-4;4*1-2(3)4;;/h1H,2-4H2;4*1H3,(H,3,4);;/q-1;;;;;+2;+3/p-4. The first-order chi connectivity index (χ1) is 8.84. The predicted octanol–water partition coefficient (Wildman–Crippen LogP) is -5.91. The predicted molar refractivity (Wildman–Crippen MR) is 60.3 cm³/mol. The first kappa shape index (κ1) is 42.8. The average Bonchev–Trinajstić information content (AvgIpc) is 2.13. The summed E-state index contributed by atoms with van der Waals surface area (Å²) >= 11 is 0. The second kappa shape index (κ2) is 42.7. The quantitative estimate of drug-likeness (QED) is 0.310. The Morgan fingerprint density at radius 1 is 0.773 bits per heavy atom. The zero-order valence-corrected chi connectivity index (χ0v) is 14.6. The van der Waals surface area contributed by atoms with Gasteiger partial charge in [-0.1, -0.05) is 0 Å². The van der Waals surface area contributed by atoms with Crippen LogP contribution in [0.4, 0.5) is 0 Å². The van der Waals surface area contributed by atoms with Crippen LogP contribution in [0.5, 0.6) is 0 Å². The molecule has 0 aliphatic heterocycles. The molecule has 0 rings (SSSR count). The van der Waals surface area contributed by atoms with Crippen LogP contribution in [-0.2, 0) is 53.3 Å². The summed E-state index contributed by atoms with van der Waals surface area (Å²) in [5, 5.41) is 35.6. The summed E-state index contributed by atoms with van der Waals surface area (Å²) < 4.78 is 0. The Labute approximate surface area is 150 Å². The minimum absolute atomic E-state index is 0. The van der Waals surface area contributed by atoms with Crippen molar-refractivity contribution in [2.24, 2.45) is 11.5 Å². The minimum Gasteiger partial charge on any atom is -0.550 e. The summed E-state index contributed by atoms with van der Waals surface area (Å²) in [7, 11) is 0. The van der Waals surface area contributed by atoms with E-state index in [1.54, 1.807) is 0 Å². The summed E-state index contributed by atoms with van der Waals surface area (Å²) in [6.07, 6.45) is 0. The molecule has 10 nitrogen and oxygen atoms in total. The van der Waals surface area contributed by atoms with Crippen molar-refractivity contribution >= 4 is 23.9 Å². The number of carboxylic acid groups (broad SMARTS) is 4. The summed E-state index contributed by atoms with van der Waals surface area (Å²) in [5.41, 5.74) is 9.62. The molecule has 0 bridgehead atoms. The molecule has 0 aromatic carbocycles. The number of rotatable bonds is 1. The van der Waals surface area contributed by atoms with Gasteiger partial charge in [-0.15, -0.1) is 6.54 Å². The number of hydrogen-bond acceptors (Lipinski definition) is 10. The monoisotopic (exact) mass is 407 g/mol. The topological polar surface area (TPSA) is 213 Å². The van der Waals surface area contributed by atoms with E-state index >= 15 is 0 Å². The number of carbonyl (C=O) groups is 4. The third kappa shape index (κ3) is 231000. The van der Waals surface area contributed by atoms with E-state index in [0.717, 1.165) is 27.7 Å². The van der Waals surface area contributed by atoms with Crippen molar-refractivity contribution in [3.8, 4) is 0 Å². The number of hydrogen-bond donors (Lipinski definition) is 2. The van der Waals surface area contributed by atoms with Gasteiger partial charge in [0.1, 0.15) is 0 Å². The van der Waals surface area contributed by atoms with Crippen LogP contribution in [-0.4, -0.2) is 30.4 Å². The molecule has 0 spiro atoms. The number of nitrogens with two attached hydrogens (primary N) is 2. The van der Waals surface area contributed by atoms with Gasteiger partial charge in [0, 0.05) is 23.9 Å². The SMILES string of the molecule is CC(=O)[O-].CC(=O)[O-].CC(=O)[O-].CC(=O)[O-].N[CH-]CN.[Fe+2].[Fe+3]. The first-order valence-electron chi connectivity index (χ1n) is 4.78. The van der Waals surface area contributed by atoms with E-state index in [-0.39, 0.29) is 34.1 Å². The molecule has 0 heterocycles. The fourth-order valence-corrected chi connectivity index (χ4v) is 0. The maximum absolute atomic E-state index is 8.89. The number of aliphatic carboxylic acids is 4. The van der Waals surface area contributed by atoms with Crippen LogP contribution in [0.3, 0.4) is 0 Å². The number of carboxylic acids is 4. The third-order valence-electron chi connectivity index (χ3n) is 0.136. The van der Waals surface area contributed by atoms with E-state index in [2.05, 4.69) is 0 Å². The van der Waals surface area contributed by atoms with Crippen LogP contribution in [0, 0.1) is 6.54 Å². The zero-order valence-electron chi connectivity index (χ0n) is 12.4. The Hall–Kier alpha value is -1.16. The molecule has 0 aliphatic carbocycles. The number of carbonyl (C=O) groups excluding carboxylic acids is 4. The molecule has 0 amide bonds. The fraction of sp³-hybridized carbons (Fsp3) is 0.500. The molecule has 0 aromatic rings. The minimum atomic E-state index is -1.08. The molecule has 0 saturated heterocycles. The molecule has 4 N–H and O–H groups in total. The van der Waals surface area contributed by atoms with Crippen LogP contribution in [0.25, 0.3) is 0 Å². The molecule has 0 atom stereocenters. The molecule has 0 aromatic heterocycles. The Morgan fingerprint density at radius 3 is 0.818 bits per heavy atom. The fourth-order valence-electron chi connectivity index (χ4n) is 0. The van der Waals surface area contributed by atoms with E-state index in [9.17, 15) is 0 Å². The first-order valence-corrected chi connectivity index (χ1v) is 4.78. The van der Waals surface area contributed by atoms with Crippen molar-refractivity contribution in [3.05, 3.63) is 6.54 Å². The van der Waals surface area contributed by atoms with Crippen molar-refractivity contribution in [1.29, 1.82) is 0 Å². The molecular formula is C10H19Fe2N2O8. The van der Waals surface area contributed by atoms with E-state index in [4.69, 9.17) is 51.1 Å². The Bertz CT molecular complexity index is 199. The summed E-state index contributed by atoms with van der Waals surface area (Å²) in [6.45, 7) is 5.76. The molecule has 0 saturated carbocycles. The van der Waals surface area contributed by atoms with E-state index in [1.807, 2.05) is 0 Å². The van der Waals surface area contributed by atoms with Gasteiger partial charge in [0.15, 0.2) is 0 Å². The normalized spacial score (nSPS) is 5.91. The van der Waals surface area contributed by atoms with Crippen molar-refractivity contribution in [2.45, 2.75) is 27.7 Å². The summed E-state index contributed by atoms with van der Waals surface area (Å²) in [6, 6.07) is 0. The van der Waals surface area contributed by atoms with Crippen molar-refractivity contribution in [3.63, 3.8) is 0 Å². The molecule has 1 radical (unpaired) electrons. The van der Waals surface area contributed by atoms with Crippen LogP contribution in [0.2, 0.25) is 0 Å². The van der Waals surface area contributed by atoms with Gasteiger partial charge in [-0.25, -0.2) is 0 Å². The third-order valence-corrected chi connectivity index (χ3v) is 0.136. The Morgan fingerprint density at radius 2 is 0.818 bits per heavy atom. The van der Waals surface area contributed by atoms with Crippen LogP contribution >= 0.6 is 0 Å². The van der Waals surface area contributed by atoms with Gasteiger partial charge in [-0.3, -0.25) is 6.54 Å². The molecule has 22 heavy (non-hydrogen) atoms. The van der Waals surface area contributed by atoms with E-state index < -0.39 is 23.9 Å². The van der Waals surface area contributed by atoms with Crippen LogP contribution < -0.4 is 31.9 Å². The van der Waals surface area contributed by atoms with Gasteiger partial charge in [-0.2, -0.15) is 0 Å². The van der Waals surface area contributed by atoms with Gasteiger partial charge in [-0.05, 0) is 27.7 Å². The van der Waals surface area contributed by atoms with Crippen LogP contribution in [0.15, 0.2) is 0 Å². The Balaban J connectivity index is -0.0000000250. The second-order valence-electron chi connectivity index (χ2n) is 2.44. The van der Waals surface area contributed by atoms with Crippen molar-refractivity contribution in [2.75, 3.05) is 6.54 Å². The molecule has 0 aliphatic rings. The van der Waals surface area contributed by atoms with E-state index in [0.29, 0.717) is 6.54 Å². The van der Waals surface area contributed by atoms with Crippen molar-refractivity contribution in [1.82, 2.24) is 0 Å². The molecule has 133 valence electrons. The Kier molecular flexibility index (Phi) is 83.1. The van der Waals surface area contributed by atoms with E-state index in [1.165, 1.54) is 6.54 Å². The van der Waals surface area contributed by atoms with Crippen LogP contribution in [0.1, 0.15) is 27.7 Å². The van der Waals surface area contributed by atoms with Gasteiger partial charge in [0.25, 0.3) is 0 Å². The van der Waals surface area contributed by atoms with Gasteiger partial charge < -0.3 is 51.1 Å². The molecule has 0 fully saturated rings. The maximum Gasteiger partial charge on any atom is 3.00 e. The largest absolute Gasteiger partial charge is 3.00 e. The summed E-state index contributed by atoms with van der Waals surface area (Å²) in [5.74, 6) is -4.33. The molecule has 12 heteroatoms. The average molecular weight is 407 g/mol. The van der Waals surface area contributed by atoms with Crippen molar-refractivity contribution < 1.29 is 73.7 Å². The second-order valence-corrected chi connectivity index (χ2v) is 2.44. The van der Waals surface area contributed by atoms with Gasteiger partial charge in [0.05, 0.1) is 0 Å². The zero-order chi connectivity index (χ0) is 17.7. The smallest absolute Gasteiger partial charge is 0.550 e.